The van der Waals surface area contributed by atoms with Crippen molar-refractivity contribution in [2.24, 2.45) is 0 Å². The second-order valence-electron chi connectivity index (χ2n) is 2.72. The lowest BCUT2D eigenvalue weighted by atomic mass is 10.2. The van der Waals surface area contributed by atoms with Gasteiger partial charge < -0.3 is 5.11 Å². The van der Waals surface area contributed by atoms with Gasteiger partial charge in [0.15, 0.2) is 0 Å². The van der Waals surface area contributed by atoms with Crippen LogP contribution in [0.1, 0.15) is 10.4 Å². The van der Waals surface area contributed by atoms with Gasteiger partial charge in [0, 0.05) is 24.1 Å². The van der Waals surface area contributed by atoms with Gasteiger partial charge in [-0.3, -0.25) is 0 Å². The Balaban J connectivity index is 2.85. The lowest BCUT2D eigenvalue weighted by Gasteiger charge is -1.96. The van der Waals surface area contributed by atoms with E-state index in [1.165, 1.54) is 11.3 Å². The zero-order valence-electron chi connectivity index (χ0n) is 6.75. The maximum absolute atomic E-state index is 10.9. The van der Waals surface area contributed by atoms with Crippen molar-refractivity contribution in [1.29, 1.82) is 0 Å². The molecule has 1 heterocycles. The Labute approximate surface area is 103 Å². The molecule has 0 spiro atoms. The zero-order valence-corrected chi connectivity index (χ0v) is 10.5. The fourth-order valence-corrected chi connectivity index (χ4v) is 3.57. The summed E-state index contributed by atoms with van der Waals surface area (Å²) in [6, 6.07) is 3.52. The molecule has 2 aromatic rings. The molecule has 1 aromatic heterocycles. The third-order valence-corrected chi connectivity index (χ3v) is 4.29. The molecule has 5 heteroatoms. The number of thiophene rings is 1. The number of carboxylic acids is 1. The molecule has 14 heavy (non-hydrogen) atoms. The molecule has 0 aliphatic rings. The minimum absolute atomic E-state index is 0.324. The van der Waals surface area contributed by atoms with Crippen molar-refractivity contribution < 1.29 is 9.90 Å². The minimum Gasteiger partial charge on any atom is -0.478 e. The molecule has 0 aliphatic heterocycles. The van der Waals surface area contributed by atoms with Crippen LogP contribution in [0.4, 0.5) is 0 Å². The average molecular weight is 339 g/mol. The number of aromatic carboxylic acids is 1. The number of hydrogen-bond acceptors (Lipinski definition) is 2. The van der Waals surface area contributed by atoms with Crippen molar-refractivity contribution in [2.45, 2.75) is 0 Å². The maximum atomic E-state index is 10.9. The first-order valence-electron chi connectivity index (χ1n) is 3.69. The number of fused-ring (bicyclic) bond motifs is 1. The molecule has 0 fully saturated rings. The lowest BCUT2D eigenvalue weighted by molar-refractivity contribution is 0.0699. The number of benzene rings is 1. The van der Waals surface area contributed by atoms with E-state index in [1.54, 1.807) is 11.4 Å². The normalized spacial score (nSPS) is 10.7. The van der Waals surface area contributed by atoms with Gasteiger partial charge in [0.05, 0.1) is 5.56 Å². The number of hydrogen-bond donors (Lipinski definition) is 1. The summed E-state index contributed by atoms with van der Waals surface area (Å²) in [4.78, 5) is 10.9. The highest BCUT2D eigenvalue weighted by Gasteiger charge is 2.13. The van der Waals surface area contributed by atoms with Crippen molar-refractivity contribution in [3.8, 4) is 0 Å². The van der Waals surface area contributed by atoms with Gasteiger partial charge in [0.25, 0.3) is 0 Å². The van der Waals surface area contributed by atoms with E-state index < -0.39 is 5.97 Å². The van der Waals surface area contributed by atoms with Crippen LogP contribution in [0.2, 0.25) is 5.02 Å². The van der Waals surface area contributed by atoms with Gasteiger partial charge in [-0.15, -0.1) is 11.3 Å². The molecule has 0 saturated heterocycles. The molecule has 0 bridgehead atoms. The molecule has 2 nitrogen and oxygen atoms in total. The Bertz CT molecular complexity index is 521. The van der Waals surface area contributed by atoms with Crippen LogP contribution < -0.4 is 0 Å². The minimum atomic E-state index is -0.908. The van der Waals surface area contributed by atoms with Crippen LogP contribution >= 0.6 is 45.5 Å². The highest BCUT2D eigenvalue weighted by atomic mass is 127. The van der Waals surface area contributed by atoms with Crippen LogP contribution in [0.25, 0.3) is 10.1 Å². The summed E-state index contributed by atoms with van der Waals surface area (Å²) in [5.41, 5.74) is 0.324. The topological polar surface area (TPSA) is 37.3 Å². The first-order valence-corrected chi connectivity index (χ1v) is 6.03. The van der Waals surface area contributed by atoms with E-state index in [0.29, 0.717) is 10.6 Å². The van der Waals surface area contributed by atoms with Crippen molar-refractivity contribution in [3.05, 3.63) is 31.7 Å². The van der Waals surface area contributed by atoms with Gasteiger partial charge >= 0.3 is 5.97 Å². The predicted molar refractivity (Wildman–Crippen MR) is 66.5 cm³/mol. The van der Waals surface area contributed by atoms with E-state index in [2.05, 4.69) is 22.6 Å². The molecule has 2 rings (SSSR count). The van der Waals surface area contributed by atoms with Gasteiger partial charge in [0.1, 0.15) is 0 Å². The third kappa shape index (κ3) is 1.62. The Hall–Kier alpha value is -0.330. The number of carbonyl (C=O) groups is 1. The van der Waals surface area contributed by atoms with Crippen LogP contribution in [-0.4, -0.2) is 11.1 Å². The van der Waals surface area contributed by atoms with Crippen LogP contribution in [-0.2, 0) is 0 Å². The molecule has 1 aromatic carbocycles. The fraction of sp³-hybridized carbons (Fsp3) is 0. The van der Waals surface area contributed by atoms with Crippen LogP contribution in [0.5, 0.6) is 0 Å². The summed E-state index contributed by atoms with van der Waals surface area (Å²) >= 11 is 9.45. The van der Waals surface area contributed by atoms with Gasteiger partial charge in [0.2, 0.25) is 0 Å². The average Bonchev–Trinajstić information content (AvgIpc) is 2.47. The standard InChI is InChI=1S/C9H4ClIO2S/c10-4-1-5-6(9(12)13)3-14-8(5)7(11)2-4/h1-3H,(H,12,13). The second-order valence-corrected chi connectivity index (χ2v) is 5.20. The van der Waals surface area contributed by atoms with Crippen LogP contribution in [0.15, 0.2) is 17.5 Å². The van der Waals surface area contributed by atoms with E-state index in [1.807, 2.05) is 6.07 Å². The molecule has 1 N–H and O–H groups in total. The highest BCUT2D eigenvalue weighted by molar-refractivity contribution is 14.1. The monoisotopic (exact) mass is 338 g/mol. The van der Waals surface area contributed by atoms with Crippen molar-refractivity contribution in [2.75, 3.05) is 0 Å². The summed E-state index contributed by atoms with van der Waals surface area (Å²) in [5, 5.41) is 11.9. The molecular weight excluding hydrogens is 335 g/mol. The first kappa shape index (κ1) is 10.2. The number of rotatable bonds is 1. The summed E-state index contributed by atoms with van der Waals surface area (Å²) in [6.45, 7) is 0. The van der Waals surface area contributed by atoms with Crippen molar-refractivity contribution in [1.82, 2.24) is 0 Å². The quantitative estimate of drug-likeness (QED) is 0.802. The number of carboxylic acid groups (broad SMARTS) is 1. The Morgan fingerprint density at radius 2 is 2.21 bits per heavy atom. The SMILES string of the molecule is O=C(O)c1csc2c(I)cc(Cl)cc12. The zero-order chi connectivity index (χ0) is 10.3. The van der Waals surface area contributed by atoms with Gasteiger partial charge in [-0.25, -0.2) is 4.79 Å². The summed E-state index contributed by atoms with van der Waals surface area (Å²) in [7, 11) is 0. The van der Waals surface area contributed by atoms with E-state index in [9.17, 15) is 4.79 Å². The molecular formula is C9H4ClIO2S. The largest absolute Gasteiger partial charge is 0.478 e. The lowest BCUT2D eigenvalue weighted by Crippen LogP contribution is -1.93. The molecule has 0 amide bonds. The highest BCUT2D eigenvalue weighted by Crippen LogP contribution is 2.32. The molecule has 0 radical (unpaired) electrons. The molecule has 0 saturated carbocycles. The summed E-state index contributed by atoms with van der Waals surface area (Å²) < 4.78 is 1.97. The van der Waals surface area contributed by atoms with E-state index >= 15 is 0 Å². The predicted octanol–water partition coefficient (Wildman–Crippen LogP) is 3.86. The summed E-state index contributed by atoms with van der Waals surface area (Å²) in [6.07, 6.45) is 0. The van der Waals surface area contributed by atoms with Crippen LogP contribution in [0.3, 0.4) is 0 Å². The molecule has 72 valence electrons. The fourth-order valence-electron chi connectivity index (χ4n) is 1.23. The summed E-state index contributed by atoms with van der Waals surface area (Å²) in [5.74, 6) is -0.908. The van der Waals surface area contributed by atoms with E-state index in [0.717, 1.165) is 13.7 Å². The first-order chi connectivity index (χ1) is 6.59. The van der Waals surface area contributed by atoms with E-state index in [4.69, 9.17) is 16.7 Å². The van der Waals surface area contributed by atoms with Gasteiger partial charge in [-0.05, 0) is 34.7 Å². The molecule has 0 aliphatic carbocycles. The maximum Gasteiger partial charge on any atom is 0.337 e. The third-order valence-electron chi connectivity index (χ3n) is 1.82. The Kier molecular flexibility index (Phi) is 2.68. The van der Waals surface area contributed by atoms with Crippen LogP contribution in [0, 0.1) is 3.57 Å². The van der Waals surface area contributed by atoms with E-state index in [-0.39, 0.29) is 0 Å². The molecule has 0 atom stereocenters. The van der Waals surface area contributed by atoms with Gasteiger partial charge in [-0.2, -0.15) is 0 Å². The smallest absolute Gasteiger partial charge is 0.337 e. The second kappa shape index (κ2) is 3.67. The Morgan fingerprint density at radius 3 is 2.86 bits per heavy atom. The molecule has 0 unspecified atom stereocenters. The van der Waals surface area contributed by atoms with Crippen molar-refractivity contribution >= 4 is 61.6 Å². The Morgan fingerprint density at radius 1 is 1.50 bits per heavy atom. The van der Waals surface area contributed by atoms with Crippen molar-refractivity contribution in [3.63, 3.8) is 0 Å². The van der Waals surface area contributed by atoms with Gasteiger partial charge in [-0.1, -0.05) is 11.6 Å². The number of halogens is 2.